The molecule has 3 aromatic rings. The maximum atomic E-state index is 13.4. The van der Waals surface area contributed by atoms with Gasteiger partial charge >= 0.3 is 0 Å². The van der Waals surface area contributed by atoms with E-state index in [9.17, 15) is 4.79 Å². The third-order valence-electron chi connectivity index (χ3n) is 7.28. The van der Waals surface area contributed by atoms with Crippen LogP contribution in [0.25, 0.3) is 11.0 Å². The Morgan fingerprint density at radius 3 is 2.68 bits per heavy atom. The van der Waals surface area contributed by atoms with Gasteiger partial charge in [-0.25, -0.2) is 4.98 Å². The van der Waals surface area contributed by atoms with Gasteiger partial charge in [0.25, 0.3) is 0 Å². The van der Waals surface area contributed by atoms with Gasteiger partial charge < -0.3 is 19.1 Å². The molecule has 0 bridgehead atoms. The number of benzene rings is 2. The first-order valence-electron chi connectivity index (χ1n) is 12.5. The van der Waals surface area contributed by atoms with Gasteiger partial charge in [-0.05, 0) is 50.6 Å². The molecule has 1 amide bonds. The number of aromatic nitrogens is 2. The molecule has 0 aliphatic carbocycles. The first-order chi connectivity index (χ1) is 16.7. The molecule has 0 saturated carbocycles. The van der Waals surface area contributed by atoms with Crippen LogP contribution in [0.3, 0.4) is 0 Å². The van der Waals surface area contributed by atoms with Crippen molar-refractivity contribution in [3.63, 3.8) is 0 Å². The molecule has 7 nitrogen and oxygen atoms in total. The highest BCUT2D eigenvalue weighted by Crippen LogP contribution is 2.25. The summed E-state index contributed by atoms with van der Waals surface area (Å²) in [6, 6.07) is 16.5. The van der Waals surface area contributed by atoms with Crippen molar-refractivity contribution in [3.05, 3.63) is 54.4 Å². The summed E-state index contributed by atoms with van der Waals surface area (Å²) in [6.07, 6.45) is 2.04. The van der Waals surface area contributed by atoms with Crippen molar-refractivity contribution < 1.29 is 9.53 Å². The third kappa shape index (κ3) is 4.62. The van der Waals surface area contributed by atoms with Crippen molar-refractivity contribution in [1.82, 2.24) is 19.4 Å². The van der Waals surface area contributed by atoms with Gasteiger partial charge in [0.15, 0.2) is 0 Å². The summed E-state index contributed by atoms with van der Waals surface area (Å²) in [5, 5.41) is 0. The highest BCUT2D eigenvalue weighted by Gasteiger charge is 2.31. The van der Waals surface area contributed by atoms with E-state index in [1.165, 1.54) is 5.52 Å². The number of hydrogen-bond acceptors (Lipinski definition) is 5. The number of fused-ring (bicyclic) bond motifs is 1. The van der Waals surface area contributed by atoms with Gasteiger partial charge in [0.05, 0.1) is 30.6 Å². The minimum atomic E-state index is 0.0802. The number of ether oxygens (including phenoxy) is 1. The fraction of sp³-hybridized carbons (Fsp3) is 0.481. The largest absolute Gasteiger partial charge is 0.497 e. The number of nitrogens with zero attached hydrogens (tertiary/aromatic N) is 5. The summed E-state index contributed by atoms with van der Waals surface area (Å²) in [6.45, 7) is 9.00. The number of aryl methyl sites for hydroxylation is 1. The second-order valence-corrected chi connectivity index (χ2v) is 9.35. The van der Waals surface area contributed by atoms with Crippen LogP contribution in [0, 0.1) is 5.92 Å². The highest BCUT2D eigenvalue weighted by atomic mass is 16.5. The van der Waals surface area contributed by atoms with E-state index >= 15 is 0 Å². The summed E-state index contributed by atoms with van der Waals surface area (Å²) in [7, 11) is 1.70. The van der Waals surface area contributed by atoms with Crippen LogP contribution in [0.15, 0.2) is 48.5 Å². The Balaban J connectivity index is 1.19. The quantitative estimate of drug-likeness (QED) is 0.561. The van der Waals surface area contributed by atoms with Crippen molar-refractivity contribution in [3.8, 4) is 5.75 Å². The molecular formula is C27H35N5O2. The molecule has 2 saturated heterocycles. The zero-order chi connectivity index (χ0) is 23.5. The molecule has 0 spiro atoms. The van der Waals surface area contributed by atoms with Crippen molar-refractivity contribution in [2.45, 2.75) is 32.9 Å². The molecule has 2 fully saturated rings. The third-order valence-corrected chi connectivity index (χ3v) is 7.28. The van der Waals surface area contributed by atoms with Gasteiger partial charge in [0.1, 0.15) is 11.6 Å². The lowest BCUT2D eigenvalue weighted by Gasteiger charge is -2.39. The molecule has 7 heteroatoms. The molecule has 2 aliphatic heterocycles. The fourth-order valence-electron chi connectivity index (χ4n) is 5.45. The number of hydrogen-bond donors (Lipinski definition) is 0. The number of carbonyl (C=O) groups is 1. The zero-order valence-corrected chi connectivity index (χ0v) is 20.3. The number of carbonyl (C=O) groups excluding carboxylic acids is 1. The maximum Gasteiger partial charge on any atom is 0.227 e. The smallest absolute Gasteiger partial charge is 0.227 e. The SMILES string of the molecule is CCn1c(CN2CCC[C@@H](C(=O)N3CCN(c4cccc(OC)c4)CC3)C2)nc2ccccc21. The highest BCUT2D eigenvalue weighted by molar-refractivity contribution is 5.79. The number of imidazole rings is 1. The van der Waals surface area contributed by atoms with E-state index in [1.54, 1.807) is 7.11 Å². The second kappa shape index (κ2) is 10.1. The lowest BCUT2D eigenvalue weighted by Crippen LogP contribution is -2.52. The number of piperazine rings is 1. The number of rotatable bonds is 6. The molecule has 0 unspecified atom stereocenters. The van der Waals surface area contributed by atoms with E-state index in [-0.39, 0.29) is 5.92 Å². The Bertz CT molecular complexity index is 1140. The van der Waals surface area contributed by atoms with Crippen LogP contribution in [-0.2, 0) is 17.9 Å². The predicted octanol–water partition coefficient (Wildman–Crippen LogP) is 3.63. The number of likely N-dealkylation sites (tertiary alicyclic amines) is 1. The van der Waals surface area contributed by atoms with Crippen LogP contribution < -0.4 is 9.64 Å². The van der Waals surface area contributed by atoms with Crippen LogP contribution in [0.1, 0.15) is 25.6 Å². The van der Waals surface area contributed by atoms with E-state index in [4.69, 9.17) is 9.72 Å². The summed E-state index contributed by atoms with van der Waals surface area (Å²) in [5.41, 5.74) is 3.41. The monoisotopic (exact) mass is 461 g/mol. The van der Waals surface area contributed by atoms with E-state index in [0.717, 1.165) is 88.0 Å². The van der Waals surface area contributed by atoms with Gasteiger partial charge in [-0.2, -0.15) is 0 Å². The first kappa shape index (κ1) is 22.7. The standard InChI is InChI=1S/C27H35N5O2/c1-3-32-25-12-5-4-11-24(25)28-26(32)20-29-13-7-8-21(19-29)27(33)31-16-14-30(15-17-31)22-9-6-10-23(18-22)34-2/h4-6,9-12,18,21H,3,7-8,13-17,19-20H2,1-2H3/t21-/m1/s1. The fourth-order valence-corrected chi connectivity index (χ4v) is 5.45. The Kier molecular flexibility index (Phi) is 6.72. The predicted molar refractivity (Wildman–Crippen MR) is 135 cm³/mol. The van der Waals surface area contributed by atoms with Gasteiger partial charge in [0.2, 0.25) is 5.91 Å². The summed E-state index contributed by atoms with van der Waals surface area (Å²) in [4.78, 5) is 25.1. The Labute approximate surface area is 201 Å². The zero-order valence-electron chi connectivity index (χ0n) is 20.3. The van der Waals surface area contributed by atoms with Crippen LogP contribution in [0.5, 0.6) is 5.75 Å². The van der Waals surface area contributed by atoms with Crippen molar-refractivity contribution in [1.29, 1.82) is 0 Å². The number of para-hydroxylation sites is 2. The van der Waals surface area contributed by atoms with E-state index in [1.807, 2.05) is 18.2 Å². The van der Waals surface area contributed by atoms with Crippen LogP contribution >= 0.6 is 0 Å². The van der Waals surface area contributed by atoms with Crippen molar-refractivity contribution >= 4 is 22.6 Å². The Hall–Kier alpha value is -3.06. The molecule has 1 aromatic heterocycles. The molecular weight excluding hydrogens is 426 g/mol. The molecule has 2 aromatic carbocycles. The van der Waals surface area contributed by atoms with Crippen LogP contribution in [0.2, 0.25) is 0 Å². The number of anilines is 1. The lowest BCUT2D eigenvalue weighted by atomic mass is 9.96. The summed E-state index contributed by atoms with van der Waals surface area (Å²) in [5.74, 6) is 2.37. The van der Waals surface area contributed by atoms with Gasteiger partial charge in [-0.3, -0.25) is 9.69 Å². The van der Waals surface area contributed by atoms with E-state index in [2.05, 4.69) is 56.5 Å². The van der Waals surface area contributed by atoms with Gasteiger partial charge in [-0.15, -0.1) is 0 Å². The molecule has 3 heterocycles. The Morgan fingerprint density at radius 2 is 1.88 bits per heavy atom. The number of piperidine rings is 1. The lowest BCUT2D eigenvalue weighted by molar-refractivity contribution is -0.137. The van der Waals surface area contributed by atoms with Crippen molar-refractivity contribution in [2.24, 2.45) is 5.92 Å². The van der Waals surface area contributed by atoms with Gasteiger partial charge in [0, 0.05) is 51.0 Å². The average molecular weight is 462 g/mol. The maximum absolute atomic E-state index is 13.4. The normalized spacial score (nSPS) is 19.5. The van der Waals surface area contributed by atoms with E-state index in [0.29, 0.717) is 5.91 Å². The van der Waals surface area contributed by atoms with E-state index < -0.39 is 0 Å². The second-order valence-electron chi connectivity index (χ2n) is 9.35. The van der Waals surface area contributed by atoms with Gasteiger partial charge in [-0.1, -0.05) is 18.2 Å². The van der Waals surface area contributed by atoms with Crippen molar-refractivity contribution in [2.75, 3.05) is 51.3 Å². The minimum absolute atomic E-state index is 0.0802. The molecule has 0 radical (unpaired) electrons. The summed E-state index contributed by atoms with van der Waals surface area (Å²) >= 11 is 0. The molecule has 5 rings (SSSR count). The number of amides is 1. The Morgan fingerprint density at radius 1 is 1.06 bits per heavy atom. The molecule has 34 heavy (non-hydrogen) atoms. The number of methoxy groups -OCH3 is 1. The van der Waals surface area contributed by atoms with Crippen LogP contribution in [-0.4, -0.2) is 71.6 Å². The topological polar surface area (TPSA) is 53.8 Å². The minimum Gasteiger partial charge on any atom is -0.497 e. The molecule has 1 atom stereocenters. The average Bonchev–Trinajstić information content (AvgIpc) is 3.25. The van der Waals surface area contributed by atoms with Crippen LogP contribution in [0.4, 0.5) is 5.69 Å². The summed E-state index contributed by atoms with van der Waals surface area (Å²) < 4.78 is 7.67. The molecule has 180 valence electrons. The first-order valence-corrected chi connectivity index (χ1v) is 12.5. The molecule has 2 aliphatic rings. The molecule has 0 N–H and O–H groups in total.